The Labute approximate surface area is 267 Å². The number of nitrogens with zero attached hydrogens (tertiary/aromatic N) is 3. The molecule has 0 aliphatic heterocycles. The van der Waals surface area contributed by atoms with Crippen LogP contribution in [-0.2, 0) is 33.2 Å². The van der Waals surface area contributed by atoms with Gasteiger partial charge in [-0.3, -0.25) is 9.59 Å². The normalized spacial score (nSPS) is 14.3. The van der Waals surface area contributed by atoms with Crippen LogP contribution >= 0.6 is 0 Å². The van der Waals surface area contributed by atoms with E-state index in [1.165, 1.54) is 48.0 Å². The van der Waals surface area contributed by atoms with Crippen molar-refractivity contribution >= 4 is 34.1 Å². The third-order valence-electron chi connectivity index (χ3n) is 7.25. The maximum Gasteiger partial charge on any atom is 0.417 e. The van der Waals surface area contributed by atoms with E-state index in [-0.39, 0.29) is 5.69 Å². The molecule has 2 atom stereocenters. The van der Waals surface area contributed by atoms with E-state index < -0.39 is 82.3 Å². The first-order valence-corrected chi connectivity index (χ1v) is 13.7. The van der Waals surface area contributed by atoms with E-state index in [0.29, 0.717) is 23.0 Å². The maximum absolute atomic E-state index is 13.8. The lowest BCUT2D eigenvalue weighted by Gasteiger charge is -2.33. The fraction of sp³-hybridized carbons (Fsp3) is 0.250. The summed E-state index contributed by atoms with van der Waals surface area (Å²) >= 11 is 0. The van der Waals surface area contributed by atoms with Crippen molar-refractivity contribution in [2.45, 2.75) is 43.9 Å². The molecule has 0 radical (unpaired) electrons. The molecule has 2 amide bonds. The SMILES string of the molecule is CC(Cn1ccc2cc(F)ccc21)(OC[C@](C)(O)C(=O)Nc1ccc(C#N)c(C(F)(F)F)c1)C(=O)Nc1ccc(C#N)c(C(F)(F)F)c1. The van der Waals surface area contributed by atoms with Crippen molar-refractivity contribution in [2.24, 2.45) is 0 Å². The maximum atomic E-state index is 13.8. The molecule has 1 unspecified atom stereocenters. The molecule has 0 aliphatic rings. The van der Waals surface area contributed by atoms with Crippen LogP contribution in [0.15, 0.2) is 66.9 Å². The molecule has 16 heteroatoms. The molecule has 9 nitrogen and oxygen atoms in total. The van der Waals surface area contributed by atoms with E-state index in [1.54, 1.807) is 0 Å². The number of nitrogens with one attached hydrogen (secondary N) is 2. The minimum atomic E-state index is -4.94. The molecule has 1 aromatic heterocycles. The number of alkyl halides is 6. The fourth-order valence-corrected chi connectivity index (χ4v) is 4.62. The van der Waals surface area contributed by atoms with Crippen LogP contribution in [0.4, 0.5) is 42.1 Å². The van der Waals surface area contributed by atoms with Gasteiger partial charge >= 0.3 is 12.4 Å². The Morgan fingerprint density at radius 3 is 1.83 bits per heavy atom. The van der Waals surface area contributed by atoms with E-state index in [9.17, 15) is 45.4 Å². The van der Waals surface area contributed by atoms with E-state index in [1.807, 2.05) is 0 Å². The van der Waals surface area contributed by atoms with Crippen molar-refractivity contribution in [1.29, 1.82) is 10.5 Å². The van der Waals surface area contributed by atoms with Gasteiger partial charge in [-0.15, -0.1) is 0 Å². The first-order valence-electron chi connectivity index (χ1n) is 13.7. The number of hydrogen-bond acceptors (Lipinski definition) is 6. The van der Waals surface area contributed by atoms with E-state index >= 15 is 0 Å². The number of anilines is 2. The number of aliphatic hydroxyl groups is 1. The number of carbonyl (C=O) groups is 2. The monoisotopic (exact) mass is 675 g/mol. The number of ether oxygens (including phenoxy) is 1. The van der Waals surface area contributed by atoms with Gasteiger partial charge in [-0.05, 0) is 74.5 Å². The fourth-order valence-electron chi connectivity index (χ4n) is 4.62. The Balaban J connectivity index is 1.63. The van der Waals surface area contributed by atoms with Gasteiger partial charge in [0.2, 0.25) is 0 Å². The van der Waals surface area contributed by atoms with Crippen LogP contribution < -0.4 is 10.6 Å². The molecule has 250 valence electrons. The van der Waals surface area contributed by atoms with Crippen LogP contribution in [-0.4, -0.2) is 39.3 Å². The van der Waals surface area contributed by atoms with Gasteiger partial charge in [0.05, 0.1) is 47.5 Å². The Bertz CT molecular complexity index is 1970. The van der Waals surface area contributed by atoms with E-state index in [0.717, 1.165) is 37.3 Å². The predicted molar refractivity (Wildman–Crippen MR) is 156 cm³/mol. The Kier molecular flexibility index (Phi) is 9.57. The van der Waals surface area contributed by atoms with Crippen LogP contribution in [0.5, 0.6) is 0 Å². The highest BCUT2D eigenvalue weighted by Crippen LogP contribution is 2.35. The van der Waals surface area contributed by atoms with Crippen LogP contribution in [0.2, 0.25) is 0 Å². The van der Waals surface area contributed by atoms with Gasteiger partial charge in [-0.1, -0.05) is 0 Å². The second-order valence-corrected chi connectivity index (χ2v) is 11.1. The van der Waals surface area contributed by atoms with E-state index in [4.69, 9.17) is 15.3 Å². The number of benzene rings is 3. The minimum absolute atomic E-state index is 0.369. The smallest absolute Gasteiger partial charge is 0.378 e. The molecule has 0 saturated carbocycles. The first-order chi connectivity index (χ1) is 22.3. The second-order valence-electron chi connectivity index (χ2n) is 11.1. The molecule has 4 rings (SSSR count). The summed E-state index contributed by atoms with van der Waals surface area (Å²) in [5.74, 6) is -2.86. The zero-order valence-corrected chi connectivity index (χ0v) is 24.9. The second kappa shape index (κ2) is 13.0. The molecule has 48 heavy (non-hydrogen) atoms. The van der Waals surface area contributed by atoms with Gasteiger partial charge in [0.1, 0.15) is 5.82 Å². The number of aromatic nitrogens is 1. The van der Waals surface area contributed by atoms with Crippen LogP contribution in [0, 0.1) is 28.5 Å². The van der Waals surface area contributed by atoms with Crippen molar-refractivity contribution in [3.8, 4) is 12.1 Å². The van der Waals surface area contributed by atoms with Crippen molar-refractivity contribution in [3.63, 3.8) is 0 Å². The summed E-state index contributed by atoms with van der Waals surface area (Å²) < 4.78 is 102. The first kappa shape index (κ1) is 35.4. The number of fused-ring (bicyclic) bond motifs is 1. The molecule has 4 aromatic rings. The lowest BCUT2D eigenvalue weighted by Crippen LogP contribution is -2.52. The summed E-state index contributed by atoms with van der Waals surface area (Å²) in [6.45, 7) is 0.800. The number of hydrogen-bond donors (Lipinski definition) is 3. The molecule has 0 fully saturated rings. The Morgan fingerprint density at radius 2 is 1.33 bits per heavy atom. The molecule has 3 aromatic carbocycles. The quantitative estimate of drug-likeness (QED) is 0.176. The van der Waals surface area contributed by atoms with Gasteiger partial charge in [0.25, 0.3) is 11.8 Å². The lowest BCUT2D eigenvalue weighted by atomic mass is 10.0. The van der Waals surface area contributed by atoms with Crippen molar-refractivity contribution in [2.75, 3.05) is 17.2 Å². The van der Waals surface area contributed by atoms with Crippen LogP contribution in [0.25, 0.3) is 10.9 Å². The minimum Gasteiger partial charge on any atom is -0.378 e. The van der Waals surface area contributed by atoms with Crippen LogP contribution in [0.1, 0.15) is 36.1 Å². The highest BCUT2D eigenvalue weighted by molar-refractivity contribution is 5.98. The summed E-state index contributed by atoms with van der Waals surface area (Å²) in [5.41, 5.74) is -9.01. The van der Waals surface area contributed by atoms with Gasteiger partial charge < -0.3 is 25.0 Å². The third-order valence-corrected chi connectivity index (χ3v) is 7.25. The summed E-state index contributed by atoms with van der Waals surface area (Å²) in [6, 6.07) is 12.9. The van der Waals surface area contributed by atoms with Crippen molar-refractivity contribution in [3.05, 3.63) is 94.9 Å². The average Bonchev–Trinajstić information content (AvgIpc) is 3.40. The van der Waals surface area contributed by atoms with Crippen molar-refractivity contribution in [1.82, 2.24) is 4.57 Å². The topological polar surface area (TPSA) is 140 Å². The zero-order valence-electron chi connectivity index (χ0n) is 24.9. The standard InChI is InChI=1S/C32H24F7N5O4/c1-29(47,27(45)42-22-6-3-19(14-40)24(12-22)31(34,35)36)17-48-30(2,16-44-10-9-18-11-21(33)5-8-26(18)44)28(46)43-23-7-4-20(15-41)25(13-23)32(37,38)39/h3-13,47H,16-17H2,1-2H3,(H,42,45)(H,43,46)/t29-,30?/m0/s1. The van der Waals surface area contributed by atoms with Crippen LogP contribution in [0.3, 0.4) is 0 Å². The molecule has 0 bridgehead atoms. The number of nitriles is 2. The van der Waals surface area contributed by atoms with Gasteiger partial charge in [0, 0.05) is 28.5 Å². The van der Waals surface area contributed by atoms with Gasteiger partial charge in [-0.25, -0.2) is 4.39 Å². The summed E-state index contributed by atoms with van der Waals surface area (Å²) in [7, 11) is 0. The van der Waals surface area contributed by atoms with Gasteiger partial charge in [-0.2, -0.15) is 36.9 Å². The average molecular weight is 676 g/mol. The Hall–Kier alpha value is -5.45. The number of carbonyl (C=O) groups excluding carboxylic acids is 2. The Morgan fingerprint density at radius 1 is 0.812 bits per heavy atom. The molecule has 0 saturated heterocycles. The summed E-state index contributed by atoms with van der Waals surface area (Å²) in [5, 5.41) is 33.9. The van der Waals surface area contributed by atoms with E-state index in [2.05, 4.69) is 10.6 Å². The number of amides is 2. The predicted octanol–water partition coefficient (Wildman–Crippen LogP) is 6.37. The zero-order chi connectivity index (χ0) is 35.7. The van der Waals surface area contributed by atoms with Gasteiger partial charge in [0.15, 0.2) is 11.2 Å². The largest absolute Gasteiger partial charge is 0.417 e. The number of halogens is 7. The molecule has 0 spiro atoms. The highest BCUT2D eigenvalue weighted by Gasteiger charge is 2.41. The number of rotatable bonds is 9. The molecule has 3 N–H and O–H groups in total. The molecule has 0 aliphatic carbocycles. The lowest BCUT2D eigenvalue weighted by molar-refractivity contribution is -0.159. The molecule has 1 heterocycles. The third kappa shape index (κ3) is 7.74. The highest BCUT2D eigenvalue weighted by atomic mass is 19.4. The van der Waals surface area contributed by atoms with Crippen molar-refractivity contribution < 1.29 is 50.2 Å². The molecular formula is C32H24F7N5O4. The summed E-state index contributed by atoms with van der Waals surface area (Å²) in [4.78, 5) is 26.6. The molecular weight excluding hydrogens is 651 g/mol. The summed E-state index contributed by atoms with van der Waals surface area (Å²) in [6.07, 6.45) is -8.40.